The minimum Gasteiger partial charge on any atom is -0.493 e. The number of nitrogens with zero attached hydrogens (tertiary/aromatic N) is 3. The first kappa shape index (κ1) is 19.4. The first-order valence-corrected chi connectivity index (χ1v) is 8.91. The number of carboxylic acids is 1. The number of likely N-dealkylation sites (tertiary alicyclic amines) is 1. The van der Waals surface area contributed by atoms with Crippen LogP contribution in [0, 0.1) is 12.8 Å². The Morgan fingerprint density at radius 2 is 2.04 bits per heavy atom. The number of ether oxygens (including phenoxy) is 2. The van der Waals surface area contributed by atoms with Crippen LogP contribution in [-0.4, -0.2) is 52.4 Å². The van der Waals surface area contributed by atoms with E-state index in [1.165, 1.54) is 12.0 Å². The largest absolute Gasteiger partial charge is 0.493 e. The Bertz CT molecular complexity index is 856. The summed E-state index contributed by atoms with van der Waals surface area (Å²) < 4.78 is 11.0. The standard InChI is InChI=1S/C19H22N4O5/c1-12-5-8-17(22-21-12)28-16-10-14(6-7-15(16)27-2)20-19(26)23-9-3-4-13(11-23)18(24)25/h5-8,10,13H,3-4,9,11H2,1-2H3,(H,20,26)(H,24,25). The SMILES string of the molecule is COc1ccc(NC(=O)N2CCCC(C(=O)O)C2)cc1Oc1ccc(C)nn1. The molecule has 148 valence electrons. The normalized spacial score (nSPS) is 16.4. The van der Waals surface area contributed by atoms with E-state index in [2.05, 4.69) is 15.5 Å². The van der Waals surface area contributed by atoms with Gasteiger partial charge in [0.1, 0.15) is 0 Å². The number of carbonyl (C=O) groups is 2. The van der Waals surface area contributed by atoms with E-state index in [0.29, 0.717) is 42.5 Å². The number of urea groups is 1. The molecule has 9 heteroatoms. The molecule has 1 fully saturated rings. The summed E-state index contributed by atoms with van der Waals surface area (Å²) in [6.45, 7) is 2.54. The van der Waals surface area contributed by atoms with Gasteiger partial charge in [-0.3, -0.25) is 4.79 Å². The van der Waals surface area contributed by atoms with Gasteiger partial charge < -0.3 is 24.8 Å². The number of aliphatic carboxylic acids is 1. The Hall–Kier alpha value is -3.36. The fourth-order valence-corrected chi connectivity index (χ4v) is 2.95. The number of anilines is 1. The maximum Gasteiger partial charge on any atom is 0.321 e. The minimum absolute atomic E-state index is 0.194. The summed E-state index contributed by atoms with van der Waals surface area (Å²) in [5.74, 6) is -0.260. The molecule has 9 nitrogen and oxygen atoms in total. The van der Waals surface area contributed by atoms with Gasteiger partial charge in [0.15, 0.2) is 11.5 Å². The Balaban J connectivity index is 1.72. The number of benzene rings is 1. The lowest BCUT2D eigenvalue weighted by atomic mass is 9.99. The molecule has 3 rings (SSSR count). The van der Waals surface area contributed by atoms with E-state index < -0.39 is 11.9 Å². The topological polar surface area (TPSA) is 114 Å². The van der Waals surface area contributed by atoms with Crippen molar-refractivity contribution in [2.75, 3.05) is 25.5 Å². The highest BCUT2D eigenvalue weighted by Crippen LogP contribution is 2.33. The van der Waals surface area contributed by atoms with E-state index in [-0.39, 0.29) is 12.6 Å². The molecule has 1 atom stereocenters. The number of amides is 2. The van der Waals surface area contributed by atoms with Crippen molar-refractivity contribution in [3.8, 4) is 17.4 Å². The van der Waals surface area contributed by atoms with Gasteiger partial charge in [-0.2, -0.15) is 5.10 Å². The zero-order chi connectivity index (χ0) is 20.1. The molecule has 0 radical (unpaired) electrons. The van der Waals surface area contributed by atoms with E-state index in [1.807, 2.05) is 6.92 Å². The molecule has 0 spiro atoms. The molecule has 1 unspecified atom stereocenters. The van der Waals surface area contributed by atoms with Crippen molar-refractivity contribution in [3.63, 3.8) is 0 Å². The zero-order valence-corrected chi connectivity index (χ0v) is 15.7. The summed E-state index contributed by atoms with van der Waals surface area (Å²) in [6.07, 6.45) is 1.24. The number of aryl methyl sites for hydroxylation is 1. The average Bonchev–Trinajstić information content (AvgIpc) is 2.70. The van der Waals surface area contributed by atoms with Gasteiger partial charge in [0.2, 0.25) is 5.88 Å². The number of carboxylic acid groups (broad SMARTS) is 1. The van der Waals surface area contributed by atoms with Crippen molar-refractivity contribution >= 4 is 17.7 Å². The maximum absolute atomic E-state index is 12.5. The van der Waals surface area contributed by atoms with Crippen LogP contribution in [0.1, 0.15) is 18.5 Å². The Morgan fingerprint density at radius 3 is 2.71 bits per heavy atom. The van der Waals surface area contributed by atoms with Gasteiger partial charge in [-0.05, 0) is 38.0 Å². The van der Waals surface area contributed by atoms with Gasteiger partial charge in [-0.1, -0.05) is 0 Å². The number of nitrogens with one attached hydrogen (secondary N) is 1. The van der Waals surface area contributed by atoms with Crippen LogP contribution in [0.5, 0.6) is 17.4 Å². The lowest BCUT2D eigenvalue weighted by Crippen LogP contribution is -2.44. The van der Waals surface area contributed by atoms with E-state index in [1.54, 1.807) is 30.3 Å². The minimum atomic E-state index is -0.878. The number of hydrogen-bond acceptors (Lipinski definition) is 6. The summed E-state index contributed by atoms with van der Waals surface area (Å²) in [5, 5.41) is 19.9. The second-order valence-corrected chi connectivity index (χ2v) is 6.53. The third-order valence-corrected chi connectivity index (χ3v) is 4.46. The highest BCUT2D eigenvalue weighted by Gasteiger charge is 2.28. The molecule has 1 aliphatic rings. The fraction of sp³-hybridized carbons (Fsp3) is 0.368. The Labute approximate surface area is 162 Å². The van der Waals surface area contributed by atoms with E-state index in [0.717, 1.165) is 5.69 Å². The van der Waals surface area contributed by atoms with Crippen LogP contribution in [0.4, 0.5) is 10.5 Å². The summed E-state index contributed by atoms with van der Waals surface area (Å²) in [6, 6.07) is 8.09. The van der Waals surface area contributed by atoms with Crippen LogP contribution in [0.25, 0.3) is 0 Å². The quantitative estimate of drug-likeness (QED) is 0.812. The highest BCUT2D eigenvalue weighted by molar-refractivity contribution is 5.90. The molecule has 1 aromatic heterocycles. The number of piperidine rings is 1. The summed E-state index contributed by atoms with van der Waals surface area (Å²) in [7, 11) is 1.51. The predicted molar refractivity (Wildman–Crippen MR) is 101 cm³/mol. The number of rotatable bonds is 5. The summed E-state index contributed by atoms with van der Waals surface area (Å²) in [4.78, 5) is 25.2. The van der Waals surface area contributed by atoms with Crippen molar-refractivity contribution in [2.24, 2.45) is 5.92 Å². The lowest BCUT2D eigenvalue weighted by Gasteiger charge is -2.30. The Kier molecular flexibility index (Phi) is 5.93. The molecule has 2 amide bonds. The fourth-order valence-electron chi connectivity index (χ4n) is 2.95. The van der Waals surface area contributed by atoms with Crippen LogP contribution in [0.15, 0.2) is 30.3 Å². The first-order valence-electron chi connectivity index (χ1n) is 8.91. The molecule has 1 aliphatic heterocycles. The third kappa shape index (κ3) is 4.67. The van der Waals surface area contributed by atoms with E-state index >= 15 is 0 Å². The summed E-state index contributed by atoms with van der Waals surface area (Å²) >= 11 is 0. The van der Waals surface area contributed by atoms with Crippen LogP contribution >= 0.6 is 0 Å². The van der Waals surface area contributed by atoms with Gasteiger partial charge in [0.25, 0.3) is 0 Å². The molecular weight excluding hydrogens is 364 g/mol. The highest BCUT2D eigenvalue weighted by atomic mass is 16.5. The summed E-state index contributed by atoms with van der Waals surface area (Å²) in [5.41, 5.74) is 1.26. The average molecular weight is 386 g/mol. The lowest BCUT2D eigenvalue weighted by molar-refractivity contribution is -0.143. The maximum atomic E-state index is 12.5. The number of hydrogen-bond donors (Lipinski definition) is 2. The van der Waals surface area contributed by atoms with E-state index in [9.17, 15) is 14.7 Å². The molecular formula is C19H22N4O5. The van der Waals surface area contributed by atoms with Gasteiger partial charge in [-0.15, -0.1) is 5.10 Å². The van der Waals surface area contributed by atoms with Gasteiger partial charge >= 0.3 is 12.0 Å². The van der Waals surface area contributed by atoms with E-state index in [4.69, 9.17) is 9.47 Å². The molecule has 1 aromatic carbocycles. The number of aromatic nitrogens is 2. The van der Waals surface area contributed by atoms with Crippen molar-refractivity contribution in [1.29, 1.82) is 0 Å². The van der Waals surface area contributed by atoms with Crippen LogP contribution < -0.4 is 14.8 Å². The molecule has 0 bridgehead atoms. The van der Waals surface area contributed by atoms with Crippen molar-refractivity contribution < 1.29 is 24.2 Å². The number of methoxy groups -OCH3 is 1. The van der Waals surface area contributed by atoms with Gasteiger partial charge in [-0.25, -0.2) is 4.79 Å². The van der Waals surface area contributed by atoms with Crippen LogP contribution in [-0.2, 0) is 4.79 Å². The van der Waals surface area contributed by atoms with Crippen LogP contribution in [0.3, 0.4) is 0 Å². The van der Waals surface area contributed by atoms with Gasteiger partial charge in [0, 0.05) is 30.9 Å². The van der Waals surface area contributed by atoms with Crippen molar-refractivity contribution in [3.05, 3.63) is 36.0 Å². The molecule has 0 aliphatic carbocycles. The molecule has 1 saturated heterocycles. The number of carbonyl (C=O) groups excluding carboxylic acids is 1. The molecule has 2 N–H and O–H groups in total. The van der Waals surface area contributed by atoms with Crippen molar-refractivity contribution in [2.45, 2.75) is 19.8 Å². The Morgan fingerprint density at radius 1 is 1.21 bits per heavy atom. The second kappa shape index (κ2) is 8.55. The van der Waals surface area contributed by atoms with Crippen molar-refractivity contribution in [1.82, 2.24) is 15.1 Å². The third-order valence-electron chi connectivity index (χ3n) is 4.46. The van der Waals surface area contributed by atoms with Crippen LogP contribution in [0.2, 0.25) is 0 Å². The monoisotopic (exact) mass is 386 g/mol. The molecule has 2 heterocycles. The first-order chi connectivity index (χ1) is 13.5. The molecule has 2 aromatic rings. The molecule has 28 heavy (non-hydrogen) atoms. The van der Waals surface area contributed by atoms with Gasteiger partial charge in [0.05, 0.1) is 18.7 Å². The second-order valence-electron chi connectivity index (χ2n) is 6.53. The zero-order valence-electron chi connectivity index (χ0n) is 15.7. The predicted octanol–water partition coefficient (Wildman–Crippen LogP) is 2.91. The molecule has 0 saturated carbocycles. The smallest absolute Gasteiger partial charge is 0.321 e.